The number of nitrogens with zero attached hydrogens (tertiary/aromatic N) is 1. The molecule has 0 saturated carbocycles. The largest absolute Gasteiger partial charge is 0.480 e. The van der Waals surface area contributed by atoms with E-state index in [9.17, 15) is 18.0 Å². The van der Waals surface area contributed by atoms with E-state index in [0.29, 0.717) is 11.1 Å². The van der Waals surface area contributed by atoms with Gasteiger partial charge in [0.1, 0.15) is 6.04 Å². The van der Waals surface area contributed by atoms with Gasteiger partial charge in [0, 0.05) is 6.54 Å². The summed E-state index contributed by atoms with van der Waals surface area (Å²) in [4.78, 5) is 10.9. The Kier molecular flexibility index (Phi) is 2.82. The summed E-state index contributed by atoms with van der Waals surface area (Å²) in [5.41, 5.74) is 1.20. The van der Waals surface area contributed by atoms with Crippen molar-refractivity contribution in [2.75, 3.05) is 0 Å². The van der Waals surface area contributed by atoms with E-state index in [4.69, 9.17) is 5.11 Å². The molecule has 2 rings (SSSR count). The minimum Gasteiger partial charge on any atom is -0.480 e. The third-order valence-electron chi connectivity index (χ3n) is 2.86. The van der Waals surface area contributed by atoms with E-state index in [1.165, 1.54) is 0 Å². The fourth-order valence-corrected chi connectivity index (χ4v) is 2.01. The van der Waals surface area contributed by atoms with Gasteiger partial charge in [-0.1, -0.05) is 24.3 Å². The van der Waals surface area contributed by atoms with Crippen LogP contribution in [0, 0.1) is 0 Å². The van der Waals surface area contributed by atoms with E-state index < -0.39 is 24.9 Å². The van der Waals surface area contributed by atoms with Gasteiger partial charge in [-0.3, -0.25) is 4.79 Å². The second-order valence-corrected chi connectivity index (χ2v) is 3.92. The van der Waals surface area contributed by atoms with E-state index in [1.54, 1.807) is 24.3 Å². The summed E-state index contributed by atoms with van der Waals surface area (Å²) >= 11 is 0. The van der Waals surface area contributed by atoms with Crippen LogP contribution in [0.25, 0.3) is 0 Å². The molecule has 0 aromatic heterocycles. The van der Waals surface area contributed by atoms with E-state index in [0.717, 1.165) is 0 Å². The number of carboxylic acid groups (broad SMARTS) is 1. The van der Waals surface area contributed by atoms with Crippen molar-refractivity contribution in [2.45, 2.75) is 25.3 Å². The predicted octanol–water partition coefficient (Wildman–Crippen LogP) is 2.02. The van der Waals surface area contributed by atoms with Gasteiger partial charge in [0.25, 0.3) is 0 Å². The first-order chi connectivity index (χ1) is 7.89. The van der Waals surface area contributed by atoms with E-state index in [2.05, 4.69) is 0 Å². The highest BCUT2D eigenvalue weighted by atomic mass is 19.4. The van der Waals surface area contributed by atoms with Crippen LogP contribution in [0.15, 0.2) is 24.3 Å². The molecule has 1 heterocycles. The molecule has 0 amide bonds. The number of carboxylic acids is 1. The van der Waals surface area contributed by atoms with Crippen LogP contribution >= 0.6 is 0 Å². The predicted molar refractivity (Wildman–Crippen MR) is 53.2 cm³/mol. The Hall–Kier alpha value is -1.56. The van der Waals surface area contributed by atoms with E-state index >= 15 is 0 Å². The van der Waals surface area contributed by atoms with Crippen molar-refractivity contribution in [3.05, 3.63) is 35.4 Å². The van der Waals surface area contributed by atoms with Crippen LogP contribution in [0.3, 0.4) is 0 Å². The Morgan fingerprint density at radius 3 is 2.41 bits per heavy atom. The number of rotatable bonds is 1. The molecule has 1 aliphatic rings. The highest BCUT2D eigenvalue weighted by Crippen LogP contribution is 2.32. The van der Waals surface area contributed by atoms with Gasteiger partial charge in [0.2, 0.25) is 0 Å². The van der Waals surface area contributed by atoms with Gasteiger partial charge in [-0.2, -0.15) is 18.1 Å². The number of hydrogen-bond donors (Lipinski definition) is 1. The standard InChI is InChI=1S/C11H10F3NO2/c12-11(13,14)15-6-8-4-2-1-3-7(8)5-9(15)10(16)17/h1-4,9H,5-6H2,(H,16,17). The maximum absolute atomic E-state index is 12.7. The first kappa shape index (κ1) is 11.9. The zero-order valence-electron chi connectivity index (χ0n) is 8.74. The molecular weight excluding hydrogens is 235 g/mol. The third-order valence-corrected chi connectivity index (χ3v) is 2.86. The van der Waals surface area contributed by atoms with Gasteiger partial charge in [-0.05, 0) is 17.5 Å². The van der Waals surface area contributed by atoms with Crippen LogP contribution in [-0.4, -0.2) is 28.3 Å². The number of benzene rings is 1. The molecule has 0 radical (unpaired) electrons. The van der Waals surface area contributed by atoms with Crippen LogP contribution < -0.4 is 0 Å². The molecule has 1 aromatic rings. The van der Waals surface area contributed by atoms with Crippen molar-refractivity contribution < 1.29 is 23.1 Å². The summed E-state index contributed by atoms with van der Waals surface area (Å²) in [5.74, 6) is -1.45. The Balaban J connectivity index is 2.38. The van der Waals surface area contributed by atoms with Crippen molar-refractivity contribution in [3.63, 3.8) is 0 Å². The molecule has 1 aromatic carbocycles. The topological polar surface area (TPSA) is 40.5 Å². The molecule has 92 valence electrons. The van der Waals surface area contributed by atoms with Gasteiger partial charge in [0.15, 0.2) is 0 Å². The fourth-order valence-electron chi connectivity index (χ4n) is 2.01. The second kappa shape index (κ2) is 4.03. The molecule has 17 heavy (non-hydrogen) atoms. The molecule has 0 spiro atoms. The molecule has 1 N–H and O–H groups in total. The molecule has 0 aliphatic carbocycles. The molecule has 1 aliphatic heterocycles. The van der Waals surface area contributed by atoms with Crippen molar-refractivity contribution in [2.24, 2.45) is 0 Å². The summed E-state index contributed by atoms with van der Waals surface area (Å²) in [5, 5.41) is 8.86. The minimum absolute atomic E-state index is 0.0671. The molecular formula is C11H10F3NO2. The van der Waals surface area contributed by atoms with Crippen molar-refractivity contribution >= 4 is 5.97 Å². The third kappa shape index (κ3) is 2.26. The number of fused-ring (bicyclic) bond motifs is 1. The lowest BCUT2D eigenvalue weighted by molar-refractivity contribution is -0.264. The van der Waals surface area contributed by atoms with Crippen LogP contribution in [-0.2, 0) is 17.8 Å². The number of halogens is 3. The SMILES string of the molecule is O=C(O)C1Cc2ccccc2CN1C(F)(F)F. The lowest BCUT2D eigenvalue weighted by atomic mass is 9.94. The quantitative estimate of drug-likeness (QED) is 0.769. The Bertz CT molecular complexity index is 445. The fraction of sp³-hybridized carbons (Fsp3) is 0.364. The lowest BCUT2D eigenvalue weighted by Crippen LogP contribution is -2.52. The molecule has 0 bridgehead atoms. The number of alkyl halides is 3. The van der Waals surface area contributed by atoms with Crippen molar-refractivity contribution in [1.29, 1.82) is 0 Å². The maximum Gasteiger partial charge on any atom is 0.460 e. The van der Waals surface area contributed by atoms with Crippen LogP contribution in [0.2, 0.25) is 0 Å². The van der Waals surface area contributed by atoms with Gasteiger partial charge in [-0.25, -0.2) is 0 Å². The Labute approximate surface area is 95.5 Å². The zero-order valence-corrected chi connectivity index (χ0v) is 8.74. The summed E-state index contributed by atoms with van der Waals surface area (Å²) in [7, 11) is 0. The smallest absolute Gasteiger partial charge is 0.460 e. The van der Waals surface area contributed by atoms with Gasteiger partial charge >= 0.3 is 12.3 Å². The van der Waals surface area contributed by atoms with E-state index in [-0.39, 0.29) is 11.3 Å². The summed E-state index contributed by atoms with van der Waals surface area (Å²) < 4.78 is 38.1. The van der Waals surface area contributed by atoms with Crippen LogP contribution in [0.5, 0.6) is 0 Å². The van der Waals surface area contributed by atoms with Gasteiger partial charge in [0.05, 0.1) is 0 Å². The first-order valence-corrected chi connectivity index (χ1v) is 5.02. The molecule has 6 heteroatoms. The summed E-state index contributed by atoms with van der Waals surface area (Å²) in [6, 6.07) is 5.06. The number of hydrogen-bond acceptors (Lipinski definition) is 2. The molecule has 0 saturated heterocycles. The lowest BCUT2D eigenvalue weighted by Gasteiger charge is -2.35. The molecule has 0 fully saturated rings. The normalized spacial score (nSPS) is 21.0. The zero-order chi connectivity index (χ0) is 12.6. The first-order valence-electron chi connectivity index (χ1n) is 5.02. The van der Waals surface area contributed by atoms with Crippen molar-refractivity contribution in [1.82, 2.24) is 4.90 Å². The highest BCUT2D eigenvalue weighted by Gasteiger charge is 2.46. The average molecular weight is 245 g/mol. The summed E-state index contributed by atoms with van der Waals surface area (Å²) in [6.07, 6.45) is -4.75. The van der Waals surface area contributed by atoms with Gasteiger partial charge < -0.3 is 5.11 Å². The number of aliphatic carboxylic acids is 1. The molecule has 1 atom stereocenters. The van der Waals surface area contributed by atoms with E-state index in [1.807, 2.05) is 0 Å². The van der Waals surface area contributed by atoms with Crippen molar-refractivity contribution in [3.8, 4) is 0 Å². The molecule has 3 nitrogen and oxygen atoms in total. The average Bonchev–Trinajstić information content (AvgIpc) is 2.26. The Morgan fingerprint density at radius 2 is 1.88 bits per heavy atom. The minimum atomic E-state index is -4.63. The highest BCUT2D eigenvalue weighted by molar-refractivity contribution is 5.74. The van der Waals surface area contributed by atoms with Gasteiger partial charge in [-0.15, -0.1) is 0 Å². The Morgan fingerprint density at radius 1 is 1.29 bits per heavy atom. The second-order valence-electron chi connectivity index (χ2n) is 3.92. The summed E-state index contributed by atoms with van der Waals surface area (Å²) in [6.45, 7) is -0.406. The molecule has 1 unspecified atom stereocenters. The van der Waals surface area contributed by atoms with Crippen LogP contribution in [0.1, 0.15) is 11.1 Å². The maximum atomic E-state index is 12.7. The monoisotopic (exact) mass is 245 g/mol. The van der Waals surface area contributed by atoms with Crippen LogP contribution in [0.4, 0.5) is 13.2 Å². The number of carbonyl (C=O) groups is 1.